The van der Waals surface area contributed by atoms with Gasteiger partial charge in [0.15, 0.2) is 5.82 Å². The van der Waals surface area contributed by atoms with Gasteiger partial charge in [-0.2, -0.15) is 0 Å². The molecule has 1 aliphatic heterocycles. The number of carbonyl (C=O) groups is 1. The van der Waals surface area contributed by atoms with E-state index < -0.39 is 16.6 Å². The maximum atomic E-state index is 11.1. The lowest BCUT2D eigenvalue weighted by Crippen LogP contribution is -2.34. The Balaban J connectivity index is 1.95. The summed E-state index contributed by atoms with van der Waals surface area (Å²) in [6.07, 6.45) is 2.59. The van der Waals surface area contributed by atoms with Gasteiger partial charge in [0, 0.05) is 19.2 Å². The van der Waals surface area contributed by atoms with Gasteiger partial charge in [-0.05, 0) is 0 Å². The highest BCUT2D eigenvalue weighted by Gasteiger charge is 2.24. The van der Waals surface area contributed by atoms with Crippen LogP contribution in [0, 0.1) is 10.1 Å². The normalized spacial score (nSPS) is 13.8. The molecule has 0 fully saturated rings. The summed E-state index contributed by atoms with van der Waals surface area (Å²) < 4.78 is 1.89. The first-order valence-electron chi connectivity index (χ1n) is 6.05. The molecule has 3 rings (SSSR count). The fourth-order valence-electron chi connectivity index (χ4n) is 2.19. The van der Waals surface area contributed by atoms with Gasteiger partial charge in [-0.3, -0.25) is 10.1 Å². The number of fused-ring (bicyclic) bond motifs is 1. The summed E-state index contributed by atoms with van der Waals surface area (Å²) in [7, 11) is 0. The van der Waals surface area contributed by atoms with E-state index >= 15 is 0 Å². The molecule has 1 aliphatic rings. The molecule has 108 valence electrons. The number of pyridine rings is 1. The Morgan fingerprint density at radius 3 is 2.95 bits per heavy atom. The lowest BCUT2D eigenvalue weighted by molar-refractivity contribution is -0.385. The largest absolute Gasteiger partial charge is 0.477 e. The quantitative estimate of drug-likeness (QED) is 0.631. The van der Waals surface area contributed by atoms with Crippen LogP contribution in [0.25, 0.3) is 0 Å². The van der Waals surface area contributed by atoms with E-state index in [-0.39, 0.29) is 5.56 Å². The van der Waals surface area contributed by atoms with E-state index in [1.54, 1.807) is 11.2 Å². The number of aromatic carboxylic acids is 1. The highest BCUT2D eigenvalue weighted by atomic mass is 16.6. The standard InChI is InChI=1S/C11H10N6O4/c18-11(19)7-3-9(12-4-8(7)17(20)21)15-1-2-16-6-13-14-10(16)5-15/h3-4,6H,1-2,5H2,(H,18,19). The molecule has 0 spiro atoms. The van der Waals surface area contributed by atoms with Crippen LogP contribution in [0.1, 0.15) is 16.2 Å². The monoisotopic (exact) mass is 290 g/mol. The Kier molecular flexibility index (Phi) is 2.97. The van der Waals surface area contributed by atoms with Gasteiger partial charge < -0.3 is 14.6 Å². The van der Waals surface area contributed by atoms with E-state index in [1.165, 1.54) is 6.07 Å². The summed E-state index contributed by atoms with van der Waals surface area (Å²) in [5.41, 5.74) is -0.900. The van der Waals surface area contributed by atoms with Crippen molar-refractivity contribution in [3.63, 3.8) is 0 Å². The molecule has 10 nitrogen and oxygen atoms in total. The summed E-state index contributed by atoms with van der Waals surface area (Å²) in [6.45, 7) is 1.65. The van der Waals surface area contributed by atoms with Gasteiger partial charge in [0.25, 0.3) is 0 Å². The van der Waals surface area contributed by atoms with E-state index in [1.807, 2.05) is 4.57 Å². The average Bonchev–Trinajstić information content (AvgIpc) is 2.93. The summed E-state index contributed by atoms with van der Waals surface area (Å²) in [6, 6.07) is 1.21. The molecule has 0 aliphatic carbocycles. The molecule has 2 aromatic heterocycles. The number of carboxylic acid groups (broad SMARTS) is 1. The summed E-state index contributed by atoms with van der Waals surface area (Å²) >= 11 is 0. The molecule has 3 heterocycles. The molecule has 1 N–H and O–H groups in total. The summed E-state index contributed by atoms with van der Waals surface area (Å²) in [5, 5.41) is 27.6. The van der Waals surface area contributed by atoms with E-state index in [0.717, 1.165) is 12.0 Å². The number of rotatable bonds is 3. The second-order valence-electron chi connectivity index (χ2n) is 4.48. The van der Waals surface area contributed by atoms with Gasteiger partial charge in [0.05, 0.1) is 11.5 Å². The summed E-state index contributed by atoms with van der Waals surface area (Å²) in [5.74, 6) is -0.254. The van der Waals surface area contributed by atoms with Crippen molar-refractivity contribution < 1.29 is 14.8 Å². The van der Waals surface area contributed by atoms with Crippen molar-refractivity contribution >= 4 is 17.5 Å². The zero-order chi connectivity index (χ0) is 15.0. The van der Waals surface area contributed by atoms with Gasteiger partial charge >= 0.3 is 11.7 Å². The number of nitrogens with zero attached hydrogens (tertiary/aromatic N) is 6. The topological polar surface area (TPSA) is 127 Å². The Morgan fingerprint density at radius 2 is 2.24 bits per heavy atom. The molecule has 0 aromatic carbocycles. The highest BCUT2D eigenvalue weighted by molar-refractivity contribution is 5.93. The number of hydrogen-bond donors (Lipinski definition) is 1. The summed E-state index contributed by atoms with van der Waals surface area (Å²) in [4.78, 5) is 27.0. The lowest BCUT2D eigenvalue weighted by atomic mass is 10.2. The van der Waals surface area contributed by atoms with E-state index in [9.17, 15) is 14.9 Å². The second kappa shape index (κ2) is 4.81. The molecule has 21 heavy (non-hydrogen) atoms. The van der Waals surface area contributed by atoms with Gasteiger partial charge in [-0.1, -0.05) is 0 Å². The fourth-order valence-corrected chi connectivity index (χ4v) is 2.19. The fraction of sp³-hybridized carbons (Fsp3) is 0.273. The molecule has 0 radical (unpaired) electrons. The zero-order valence-corrected chi connectivity index (χ0v) is 10.7. The Hall–Kier alpha value is -3.04. The van der Waals surface area contributed by atoms with Crippen LogP contribution in [-0.4, -0.2) is 42.3 Å². The number of aromatic nitrogens is 4. The van der Waals surface area contributed by atoms with Crippen molar-refractivity contribution in [3.8, 4) is 0 Å². The predicted molar refractivity (Wildman–Crippen MR) is 68.9 cm³/mol. The third-order valence-corrected chi connectivity index (χ3v) is 3.26. The van der Waals surface area contributed by atoms with E-state index in [4.69, 9.17) is 5.11 Å². The molecular formula is C11H10N6O4. The number of anilines is 1. The van der Waals surface area contributed by atoms with Crippen molar-refractivity contribution in [2.45, 2.75) is 13.1 Å². The molecule has 0 saturated heterocycles. The van der Waals surface area contributed by atoms with Crippen molar-refractivity contribution in [1.82, 2.24) is 19.7 Å². The van der Waals surface area contributed by atoms with Crippen LogP contribution in [0.15, 0.2) is 18.6 Å². The van der Waals surface area contributed by atoms with E-state index in [2.05, 4.69) is 15.2 Å². The number of nitro groups is 1. The van der Waals surface area contributed by atoms with Crippen molar-refractivity contribution in [2.24, 2.45) is 0 Å². The highest BCUT2D eigenvalue weighted by Crippen LogP contribution is 2.24. The minimum Gasteiger partial charge on any atom is -0.477 e. The smallest absolute Gasteiger partial charge is 0.342 e. The Morgan fingerprint density at radius 1 is 1.43 bits per heavy atom. The van der Waals surface area contributed by atoms with Crippen LogP contribution in [0.2, 0.25) is 0 Å². The molecule has 0 atom stereocenters. The molecule has 0 amide bonds. The predicted octanol–water partition coefficient (Wildman–Crippen LogP) is 0.300. The van der Waals surface area contributed by atoms with Crippen molar-refractivity contribution in [2.75, 3.05) is 11.4 Å². The molecule has 10 heteroatoms. The third kappa shape index (κ3) is 2.26. The van der Waals surface area contributed by atoms with Gasteiger partial charge in [0.2, 0.25) is 0 Å². The van der Waals surface area contributed by atoms with Gasteiger partial charge in [-0.15, -0.1) is 10.2 Å². The lowest BCUT2D eigenvalue weighted by Gasteiger charge is -2.27. The molecule has 0 saturated carbocycles. The molecule has 0 unspecified atom stereocenters. The van der Waals surface area contributed by atoms with Crippen LogP contribution in [0.5, 0.6) is 0 Å². The SMILES string of the molecule is O=C(O)c1cc(N2CCn3cnnc3C2)ncc1[N+](=O)[O-]. The van der Waals surface area contributed by atoms with Gasteiger partial charge in [0.1, 0.15) is 23.9 Å². The first kappa shape index (κ1) is 13.0. The van der Waals surface area contributed by atoms with Crippen LogP contribution >= 0.6 is 0 Å². The molecule has 2 aromatic rings. The number of carboxylic acids is 1. The van der Waals surface area contributed by atoms with Crippen molar-refractivity contribution in [1.29, 1.82) is 0 Å². The Bertz CT molecular complexity index is 727. The maximum Gasteiger partial charge on any atom is 0.342 e. The first-order valence-corrected chi connectivity index (χ1v) is 6.05. The molecular weight excluding hydrogens is 280 g/mol. The van der Waals surface area contributed by atoms with Crippen molar-refractivity contribution in [3.05, 3.63) is 40.1 Å². The minimum absolute atomic E-state index is 0.368. The van der Waals surface area contributed by atoms with Crippen LogP contribution < -0.4 is 4.90 Å². The van der Waals surface area contributed by atoms with Crippen LogP contribution in [-0.2, 0) is 13.1 Å². The van der Waals surface area contributed by atoms with Gasteiger partial charge in [-0.25, -0.2) is 9.78 Å². The maximum absolute atomic E-state index is 11.1. The Labute approximate surface area is 117 Å². The average molecular weight is 290 g/mol. The third-order valence-electron chi connectivity index (χ3n) is 3.26. The second-order valence-corrected chi connectivity index (χ2v) is 4.48. The van der Waals surface area contributed by atoms with Crippen LogP contribution in [0.3, 0.4) is 0 Å². The van der Waals surface area contributed by atoms with Crippen LogP contribution in [0.4, 0.5) is 11.5 Å². The molecule has 0 bridgehead atoms. The van der Waals surface area contributed by atoms with E-state index in [0.29, 0.717) is 25.5 Å². The zero-order valence-electron chi connectivity index (χ0n) is 10.7. The number of hydrogen-bond acceptors (Lipinski definition) is 7. The first-order chi connectivity index (χ1) is 10.1. The minimum atomic E-state index is -1.36.